The molecule has 0 spiro atoms. The third-order valence-corrected chi connectivity index (χ3v) is 7.39. The van der Waals surface area contributed by atoms with Crippen molar-refractivity contribution in [2.45, 2.75) is 0 Å². The molecule has 0 aliphatic heterocycles. The normalized spacial score (nSPS) is 11.7. The highest BCUT2D eigenvalue weighted by molar-refractivity contribution is 7.87. The second kappa shape index (κ2) is 9.52. The number of hydrogen-bond donors (Lipinski definition) is 0. The molecule has 0 fully saturated rings. The molecule has 2 aromatic carbocycles. The minimum absolute atomic E-state index is 0.227. The summed E-state index contributed by atoms with van der Waals surface area (Å²) in [5.41, 5.74) is 3.29. The lowest BCUT2D eigenvalue weighted by Gasteiger charge is -2.10. The Morgan fingerprint density at radius 2 is 1.76 bits per heavy atom. The Hall–Kier alpha value is -4.48. The molecule has 186 valence electrons. The highest BCUT2D eigenvalue weighted by atomic mass is 32.2. The summed E-state index contributed by atoms with van der Waals surface area (Å²) in [7, 11) is 0.543. The van der Waals surface area contributed by atoms with Gasteiger partial charge in [0.1, 0.15) is 23.5 Å². The van der Waals surface area contributed by atoms with Gasteiger partial charge in [-0.05, 0) is 54.1 Å². The van der Waals surface area contributed by atoms with Crippen LogP contribution in [-0.4, -0.2) is 63.8 Å². The lowest BCUT2D eigenvalue weighted by atomic mass is 9.99. The molecule has 0 N–H and O–H groups in total. The Balaban J connectivity index is 1.68. The summed E-state index contributed by atoms with van der Waals surface area (Å²) in [5.74, 6) is 0.362. The first-order valence-corrected chi connectivity index (χ1v) is 12.6. The van der Waals surface area contributed by atoms with Crippen molar-refractivity contribution in [2.24, 2.45) is 0 Å². The maximum atomic E-state index is 13.4. The van der Waals surface area contributed by atoms with Gasteiger partial charge in [-0.25, -0.2) is 9.97 Å². The van der Waals surface area contributed by atoms with Gasteiger partial charge in [0, 0.05) is 36.8 Å². The van der Waals surface area contributed by atoms with Crippen molar-refractivity contribution in [1.29, 1.82) is 0 Å². The van der Waals surface area contributed by atoms with Crippen molar-refractivity contribution in [3.05, 3.63) is 90.6 Å². The summed E-state index contributed by atoms with van der Waals surface area (Å²) in [5, 5.41) is 4.89. The van der Waals surface area contributed by atoms with Crippen LogP contribution in [0.3, 0.4) is 0 Å². The summed E-state index contributed by atoms with van der Waals surface area (Å²) in [4.78, 5) is 26.3. The molecule has 0 atom stereocenters. The van der Waals surface area contributed by atoms with Gasteiger partial charge in [-0.2, -0.15) is 21.9 Å². The zero-order valence-electron chi connectivity index (χ0n) is 20.2. The molecule has 0 saturated heterocycles. The molecule has 5 aromatic rings. The Kier molecular flexibility index (Phi) is 6.24. The molecule has 11 heteroatoms. The highest BCUT2D eigenvalue weighted by Gasteiger charge is 2.24. The molecule has 37 heavy (non-hydrogen) atoms. The number of rotatable bonds is 7. The monoisotopic (exact) mass is 514 g/mol. The van der Waals surface area contributed by atoms with Crippen LogP contribution in [-0.2, 0) is 10.2 Å². The van der Waals surface area contributed by atoms with Crippen molar-refractivity contribution in [3.63, 3.8) is 0 Å². The Bertz CT molecular complexity index is 1720. The van der Waals surface area contributed by atoms with E-state index < -0.39 is 10.2 Å². The molecule has 0 unspecified atom stereocenters. The second-order valence-electron chi connectivity index (χ2n) is 8.28. The average molecular weight is 515 g/mol. The van der Waals surface area contributed by atoms with E-state index in [9.17, 15) is 13.2 Å². The number of hydrogen-bond acceptors (Lipinski definition) is 8. The maximum absolute atomic E-state index is 13.4. The van der Waals surface area contributed by atoms with E-state index in [2.05, 4.69) is 20.1 Å². The van der Waals surface area contributed by atoms with Crippen molar-refractivity contribution >= 4 is 26.9 Å². The first-order valence-electron chi connectivity index (χ1n) is 11.2. The number of nitrogens with zero attached hydrogens (tertiary/aromatic N) is 6. The van der Waals surface area contributed by atoms with Crippen LogP contribution in [0.2, 0.25) is 0 Å². The van der Waals surface area contributed by atoms with E-state index in [0.717, 1.165) is 8.39 Å². The van der Waals surface area contributed by atoms with Gasteiger partial charge in [-0.3, -0.25) is 9.78 Å². The molecule has 0 aliphatic rings. The van der Waals surface area contributed by atoms with E-state index in [0.29, 0.717) is 44.7 Å². The molecule has 0 radical (unpaired) electrons. The van der Waals surface area contributed by atoms with Gasteiger partial charge >= 0.3 is 10.2 Å². The smallest absolute Gasteiger partial charge is 0.322 e. The molecule has 10 nitrogen and oxygen atoms in total. The molecule has 5 rings (SSSR count). The lowest BCUT2D eigenvalue weighted by Crippen LogP contribution is -2.29. The van der Waals surface area contributed by atoms with E-state index in [1.165, 1.54) is 26.6 Å². The molecular formula is C26H22N6O4S. The SMILES string of the molecule is COc1ccc(C(=O)c2ncnc3ccc(-c4cn(S(=O)(=O)N(C)C)nc4-c4ccccn4)cc23)cc1. The highest BCUT2D eigenvalue weighted by Crippen LogP contribution is 2.33. The predicted molar refractivity (Wildman–Crippen MR) is 138 cm³/mol. The summed E-state index contributed by atoms with van der Waals surface area (Å²) in [6, 6.07) is 17.4. The number of benzene rings is 2. The number of aromatic nitrogens is 5. The average Bonchev–Trinajstić information content (AvgIpc) is 3.39. The molecule has 0 bridgehead atoms. The van der Waals surface area contributed by atoms with Crippen LogP contribution in [0, 0.1) is 0 Å². The van der Waals surface area contributed by atoms with Crippen LogP contribution in [0.15, 0.2) is 79.4 Å². The predicted octanol–water partition coefficient (Wildman–Crippen LogP) is 3.45. The van der Waals surface area contributed by atoms with Crippen molar-refractivity contribution < 1.29 is 17.9 Å². The van der Waals surface area contributed by atoms with E-state index >= 15 is 0 Å². The summed E-state index contributed by atoms with van der Waals surface area (Å²) < 4.78 is 32.9. The van der Waals surface area contributed by atoms with Gasteiger partial charge in [-0.15, -0.1) is 0 Å². The molecule has 3 aromatic heterocycles. The van der Waals surface area contributed by atoms with Crippen LogP contribution in [0.1, 0.15) is 16.1 Å². The molecule has 0 amide bonds. The van der Waals surface area contributed by atoms with Gasteiger partial charge in [-0.1, -0.05) is 12.1 Å². The van der Waals surface area contributed by atoms with Gasteiger partial charge < -0.3 is 4.74 Å². The number of ether oxygens (including phenoxy) is 1. The van der Waals surface area contributed by atoms with Gasteiger partial charge in [0.2, 0.25) is 5.78 Å². The molecular weight excluding hydrogens is 492 g/mol. The third kappa shape index (κ3) is 4.46. The summed E-state index contributed by atoms with van der Waals surface area (Å²) in [6.07, 6.45) is 4.40. The first-order chi connectivity index (χ1) is 17.8. The minimum atomic E-state index is -3.88. The van der Waals surface area contributed by atoms with Crippen molar-refractivity contribution in [3.8, 4) is 28.3 Å². The molecule has 3 heterocycles. The fourth-order valence-corrected chi connectivity index (χ4v) is 4.58. The maximum Gasteiger partial charge on any atom is 0.322 e. The van der Waals surface area contributed by atoms with Crippen LogP contribution < -0.4 is 4.74 Å². The number of methoxy groups -OCH3 is 1. The molecule has 0 aliphatic carbocycles. The number of carbonyl (C=O) groups is 1. The topological polar surface area (TPSA) is 120 Å². The second-order valence-corrected chi connectivity index (χ2v) is 10.3. The summed E-state index contributed by atoms with van der Waals surface area (Å²) >= 11 is 0. The van der Waals surface area contributed by atoms with Crippen molar-refractivity contribution in [1.82, 2.24) is 28.4 Å². The number of fused-ring (bicyclic) bond motifs is 1. The Labute approximate surface area is 213 Å². The first kappa shape index (κ1) is 24.2. The fourth-order valence-electron chi connectivity index (χ4n) is 3.83. The number of pyridine rings is 1. The Morgan fingerprint density at radius 3 is 2.43 bits per heavy atom. The van der Waals surface area contributed by atoms with Crippen LogP contribution >= 0.6 is 0 Å². The Morgan fingerprint density at radius 1 is 0.973 bits per heavy atom. The van der Waals surface area contributed by atoms with Crippen LogP contribution in [0.5, 0.6) is 5.75 Å². The number of ketones is 1. The lowest BCUT2D eigenvalue weighted by molar-refractivity contribution is 0.103. The van der Waals surface area contributed by atoms with E-state index in [-0.39, 0.29) is 11.5 Å². The van der Waals surface area contributed by atoms with E-state index in [4.69, 9.17) is 4.74 Å². The fraction of sp³-hybridized carbons (Fsp3) is 0.115. The quantitative estimate of drug-likeness (QED) is 0.303. The number of carbonyl (C=O) groups excluding carboxylic acids is 1. The van der Waals surface area contributed by atoms with Crippen LogP contribution in [0.4, 0.5) is 0 Å². The minimum Gasteiger partial charge on any atom is -0.497 e. The van der Waals surface area contributed by atoms with Gasteiger partial charge in [0.25, 0.3) is 0 Å². The van der Waals surface area contributed by atoms with Crippen LogP contribution in [0.25, 0.3) is 33.4 Å². The molecule has 0 saturated carbocycles. The van der Waals surface area contributed by atoms with E-state index in [1.54, 1.807) is 74.0 Å². The van der Waals surface area contributed by atoms with Gasteiger partial charge in [0.05, 0.1) is 24.5 Å². The van der Waals surface area contributed by atoms with Gasteiger partial charge in [0.15, 0.2) is 0 Å². The largest absolute Gasteiger partial charge is 0.497 e. The standard InChI is InChI=1S/C26H22N6O4S/c1-31(2)37(34,35)32-15-21(24(30-32)23-6-4-5-13-27-23)18-9-12-22-20(14-18)25(29-16-28-22)26(33)17-7-10-19(36-3)11-8-17/h4-16H,1-3H3. The van der Waals surface area contributed by atoms with E-state index in [1.807, 2.05) is 0 Å². The third-order valence-electron chi connectivity index (χ3n) is 5.81. The zero-order chi connectivity index (χ0) is 26.2. The zero-order valence-corrected chi connectivity index (χ0v) is 21.0. The van der Waals surface area contributed by atoms with Crippen molar-refractivity contribution in [2.75, 3.05) is 21.2 Å². The summed E-state index contributed by atoms with van der Waals surface area (Å²) in [6.45, 7) is 0.